The highest BCUT2D eigenvalue weighted by Gasteiger charge is 2.31. The van der Waals surface area contributed by atoms with Gasteiger partial charge >= 0.3 is 12.1 Å². The van der Waals surface area contributed by atoms with Crippen LogP contribution < -0.4 is 4.90 Å². The van der Waals surface area contributed by atoms with Crippen LogP contribution >= 0.6 is 0 Å². The fourth-order valence-corrected chi connectivity index (χ4v) is 4.15. The van der Waals surface area contributed by atoms with Gasteiger partial charge in [0.25, 0.3) is 0 Å². The lowest BCUT2D eigenvalue weighted by Gasteiger charge is -2.22. The molecule has 1 aromatic heterocycles. The van der Waals surface area contributed by atoms with Gasteiger partial charge in [-0.05, 0) is 46.5 Å². The van der Waals surface area contributed by atoms with Crippen molar-refractivity contribution in [1.82, 2.24) is 9.97 Å². The van der Waals surface area contributed by atoms with Crippen LogP contribution in [0, 0.1) is 0 Å². The number of fused-ring (bicyclic) bond motifs is 3. The van der Waals surface area contributed by atoms with Gasteiger partial charge in [0.15, 0.2) is 0 Å². The Hall–Kier alpha value is -4.52. The molecule has 3 aromatic carbocycles. The van der Waals surface area contributed by atoms with Crippen LogP contribution in [0.4, 0.5) is 16.4 Å². The lowest BCUT2D eigenvalue weighted by Crippen LogP contribution is -2.30. The Bertz CT molecular complexity index is 1290. The quantitative estimate of drug-likeness (QED) is 0.458. The second-order valence-corrected chi connectivity index (χ2v) is 7.54. The highest BCUT2D eigenvalue weighted by Crippen LogP contribution is 2.44. The number of carbonyl (C=O) groups excluding carboxylic acids is 1. The zero-order chi connectivity index (χ0) is 22.8. The van der Waals surface area contributed by atoms with Gasteiger partial charge in [-0.1, -0.05) is 54.6 Å². The fraction of sp³-hybridized carbons (Fsp3) is 0.0769. The molecule has 162 valence electrons. The van der Waals surface area contributed by atoms with E-state index in [1.165, 1.54) is 29.4 Å². The van der Waals surface area contributed by atoms with Gasteiger partial charge < -0.3 is 9.84 Å². The molecular weight excluding hydrogens is 418 g/mol. The molecular formula is C26H19N3O4. The number of carbonyl (C=O) groups is 2. The molecule has 0 radical (unpaired) electrons. The minimum Gasteiger partial charge on any atom is -0.478 e. The summed E-state index contributed by atoms with van der Waals surface area (Å²) < 4.78 is 5.77. The highest BCUT2D eigenvalue weighted by atomic mass is 16.6. The highest BCUT2D eigenvalue weighted by molar-refractivity contribution is 5.96. The number of carboxylic acids is 1. The molecule has 1 heterocycles. The summed E-state index contributed by atoms with van der Waals surface area (Å²) in [4.78, 5) is 34.3. The normalized spacial score (nSPS) is 12.0. The number of hydrogen-bond acceptors (Lipinski definition) is 5. The molecule has 0 saturated carbocycles. The van der Waals surface area contributed by atoms with Gasteiger partial charge in [0, 0.05) is 18.3 Å². The van der Waals surface area contributed by atoms with E-state index in [1.54, 1.807) is 18.2 Å². The number of ether oxygens (including phenoxy) is 1. The van der Waals surface area contributed by atoms with Crippen molar-refractivity contribution in [1.29, 1.82) is 0 Å². The smallest absolute Gasteiger partial charge is 0.421 e. The Labute approximate surface area is 189 Å². The van der Waals surface area contributed by atoms with Gasteiger partial charge in [0.1, 0.15) is 6.61 Å². The average molecular weight is 437 g/mol. The maximum absolute atomic E-state index is 13.3. The summed E-state index contributed by atoms with van der Waals surface area (Å²) in [5.41, 5.74) is 4.81. The van der Waals surface area contributed by atoms with E-state index in [9.17, 15) is 14.7 Å². The van der Waals surface area contributed by atoms with Crippen LogP contribution in [0.3, 0.4) is 0 Å². The number of hydrogen-bond donors (Lipinski definition) is 1. The third kappa shape index (κ3) is 3.80. The standard InChI is InChI=1S/C26H19N3O4/c30-24(31)17-7-5-8-18(15-17)29(25-27-13-6-14-28-25)26(32)33-16-23-21-11-3-1-9-19(21)20-10-2-4-12-22(20)23/h1-15,23H,16H2,(H,30,31). The number of amides is 1. The van der Waals surface area contributed by atoms with E-state index in [0.717, 1.165) is 22.3 Å². The van der Waals surface area contributed by atoms with E-state index in [0.29, 0.717) is 5.69 Å². The fourth-order valence-electron chi connectivity index (χ4n) is 4.15. The topological polar surface area (TPSA) is 92.6 Å². The van der Waals surface area contributed by atoms with Crippen molar-refractivity contribution in [2.75, 3.05) is 11.5 Å². The molecule has 1 aliphatic carbocycles. The van der Waals surface area contributed by atoms with Crippen LogP contribution in [0.5, 0.6) is 0 Å². The Morgan fingerprint density at radius 3 is 2.12 bits per heavy atom. The molecule has 7 nitrogen and oxygen atoms in total. The lowest BCUT2D eigenvalue weighted by atomic mass is 9.98. The Kier molecular flexibility index (Phi) is 5.28. The third-order valence-corrected chi connectivity index (χ3v) is 5.62. The second kappa shape index (κ2) is 8.55. The van der Waals surface area contributed by atoms with Crippen molar-refractivity contribution in [3.05, 3.63) is 108 Å². The second-order valence-electron chi connectivity index (χ2n) is 7.54. The summed E-state index contributed by atoms with van der Waals surface area (Å²) in [5, 5.41) is 9.37. The first-order valence-electron chi connectivity index (χ1n) is 10.4. The maximum atomic E-state index is 13.3. The van der Waals surface area contributed by atoms with Crippen LogP contribution in [0.1, 0.15) is 27.4 Å². The van der Waals surface area contributed by atoms with Crippen LogP contribution in [0.25, 0.3) is 11.1 Å². The summed E-state index contributed by atoms with van der Waals surface area (Å²) in [6, 6.07) is 23.8. The molecule has 0 saturated heterocycles. The number of nitrogens with zero attached hydrogens (tertiary/aromatic N) is 3. The molecule has 0 unspecified atom stereocenters. The number of anilines is 2. The number of rotatable bonds is 5. The number of carboxylic acid groups (broad SMARTS) is 1. The molecule has 0 aliphatic heterocycles. The van der Waals surface area contributed by atoms with Crippen LogP contribution in [0.15, 0.2) is 91.3 Å². The van der Waals surface area contributed by atoms with Gasteiger partial charge in [-0.2, -0.15) is 0 Å². The third-order valence-electron chi connectivity index (χ3n) is 5.62. The molecule has 0 bridgehead atoms. The lowest BCUT2D eigenvalue weighted by molar-refractivity contribution is 0.0696. The number of aromatic nitrogens is 2. The summed E-state index contributed by atoms with van der Waals surface area (Å²) in [7, 11) is 0. The first kappa shape index (κ1) is 20.4. The van der Waals surface area contributed by atoms with Gasteiger partial charge in [-0.3, -0.25) is 0 Å². The van der Waals surface area contributed by atoms with E-state index >= 15 is 0 Å². The molecule has 1 amide bonds. The number of aromatic carboxylic acids is 1. The van der Waals surface area contributed by atoms with Crippen molar-refractivity contribution in [3.63, 3.8) is 0 Å². The van der Waals surface area contributed by atoms with Crippen molar-refractivity contribution in [2.24, 2.45) is 0 Å². The predicted molar refractivity (Wildman–Crippen MR) is 123 cm³/mol. The minimum absolute atomic E-state index is 0.0416. The molecule has 33 heavy (non-hydrogen) atoms. The van der Waals surface area contributed by atoms with Crippen molar-refractivity contribution in [3.8, 4) is 11.1 Å². The first-order valence-corrected chi connectivity index (χ1v) is 10.4. The zero-order valence-electron chi connectivity index (χ0n) is 17.5. The molecule has 1 N–H and O–H groups in total. The first-order chi connectivity index (χ1) is 16.1. The van der Waals surface area contributed by atoms with Gasteiger partial charge in [-0.15, -0.1) is 0 Å². The zero-order valence-corrected chi connectivity index (χ0v) is 17.5. The van der Waals surface area contributed by atoms with Gasteiger partial charge in [0.05, 0.1) is 11.3 Å². The molecule has 1 aliphatic rings. The van der Waals surface area contributed by atoms with E-state index in [1.807, 2.05) is 36.4 Å². The van der Waals surface area contributed by atoms with Gasteiger partial charge in [0.2, 0.25) is 5.95 Å². The Balaban J connectivity index is 1.46. The molecule has 5 rings (SSSR count). The molecule has 0 spiro atoms. The summed E-state index contributed by atoms with van der Waals surface area (Å²) in [6.07, 6.45) is 2.32. The van der Waals surface area contributed by atoms with Crippen LogP contribution in [-0.2, 0) is 4.74 Å². The van der Waals surface area contributed by atoms with Crippen LogP contribution in [-0.4, -0.2) is 33.7 Å². The number of benzene rings is 3. The average Bonchev–Trinajstić information content (AvgIpc) is 3.17. The Morgan fingerprint density at radius 1 is 0.848 bits per heavy atom. The van der Waals surface area contributed by atoms with E-state index in [4.69, 9.17) is 4.74 Å². The largest absolute Gasteiger partial charge is 0.478 e. The molecule has 4 aromatic rings. The van der Waals surface area contributed by atoms with Crippen molar-refractivity contribution in [2.45, 2.75) is 5.92 Å². The van der Waals surface area contributed by atoms with E-state index in [-0.39, 0.29) is 24.0 Å². The predicted octanol–water partition coefficient (Wildman–Crippen LogP) is 5.26. The molecule has 0 atom stereocenters. The molecule has 7 heteroatoms. The van der Waals surface area contributed by atoms with Crippen molar-refractivity contribution >= 4 is 23.7 Å². The SMILES string of the molecule is O=C(O)c1cccc(N(C(=O)OCC2c3ccccc3-c3ccccc32)c2ncccn2)c1. The van der Waals surface area contributed by atoms with Crippen LogP contribution in [0.2, 0.25) is 0 Å². The summed E-state index contributed by atoms with van der Waals surface area (Å²) >= 11 is 0. The molecule has 0 fully saturated rings. The van der Waals surface area contributed by atoms with Crippen molar-refractivity contribution < 1.29 is 19.4 Å². The summed E-state index contributed by atoms with van der Waals surface area (Å²) in [6.45, 7) is 0.120. The Morgan fingerprint density at radius 2 is 1.48 bits per heavy atom. The minimum atomic E-state index is -1.10. The maximum Gasteiger partial charge on any atom is 0.421 e. The van der Waals surface area contributed by atoms with E-state index < -0.39 is 12.1 Å². The van der Waals surface area contributed by atoms with Gasteiger partial charge in [-0.25, -0.2) is 24.5 Å². The van der Waals surface area contributed by atoms with E-state index in [2.05, 4.69) is 22.1 Å². The monoisotopic (exact) mass is 437 g/mol. The summed E-state index contributed by atoms with van der Waals surface area (Å²) in [5.74, 6) is -1.11.